The van der Waals surface area contributed by atoms with Crippen LogP contribution in [0.25, 0.3) is 11.4 Å². The van der Waals surface area contributed by atoms with Crippen molar-refractivity contribution in [3.8, 4) is 11.4 Å². The molecule has 2 aromatic rings. The molecule has 1 aliphatic rings. The number of benzene rings is 1. The van der Waals surface area contributed by atoms with E-state index < -0.39 is 4.92 Å². The first-order valence-corrected chi connectivity index (χ1v) is 7.42. The quantitative estimate of drug-likeness (QED) is 0.640. The molecule has 2 heterocycles. The van der Waals surface area contributed by atoms with Crippen LogP contribution in [-0.4, -0.2) is 28.0 Å². The van der Waals surface area contributed by atoms with Crippen LogP contribution in [0.2, 0.25) is 0 Å². The number of aromatic nitrogens is 2. The molecule has 0 N–H and O–H groups in total. The largest absolute Gasteiger partial charge is 0.356 e. The number of hydrogen-bond donors (Lipinski definition) is 0. The molecule has 0 radical (unpaired) electrons. The Morgan fingerprint density at radius 2 is 2.09 bits per heavy atom. The first kappa shape index (κ1) is 14.4. The molecule has 6 nitrogen and oxygen atoms in total. The summed E-state index contributed by atoms with van der Waals surface area (Å²) in [5.41, 5.74) is 1.59. The number of nitro groups is 1. The number of nitro benzene ring substituents is 1. The molecule has 0 aliphatic carbocycles. The molecule has 1 saturated heterocycles. The van der Waals surface area contributed by atoms with E-state index in [9.17, 15) is 10.1 Å². The van der Waals surface area contributed by atoms with Gasteiger partial charge >= 0.3 is 0 Å². The molecule has 0 saturated carbocycles. The number of anilines is 1. The van der Waals surface area contributed by atoms with Crippen molar-refractivity contribution >= 4 is 11.5 Å². The smallest absolute Gasteiger partial charge is 0.270 e. The monoisotopic (exact) mass is 298 g/mol. The lowest BCUT2D eigenvalue weighted by atomic mass is 9.97. The highest BCUT2D eigenvalue weighted by Gasteiger charge is 2.26. The molecule has 0 spiro atoms. The summed E-state index contributed by atoms with van der Waals surface area (Å²) in [6.45, 7) is 6.15. The second-order valence-corrected chi connectivity index (χ2v) is 5.68. The zero-order valence-electron chi connectivity index (χ0n) is 12.7. The second-order valence-electron chi connectivity index (χ2n) is 5.68. The van der Waals surface area contributed by atoms with Gasteiger partial charge in [0.2, 0.25) is 0 Å². The molecular weight excluding hydrogens is 280 g/mol. The normalized spacial score (nSPS) is 14.7. The number of aryl methyl sites for hydroxylation is 1. The predicted octanol–water partition coefficient (Wildman–Crippen LogP) is 3.21. The molecule has 22 heavy (non-hydrogen) atoms. The summed E-state index contributed by atoms with van der Waals surface area (Å²) in [6, 6.07) is 8.42. The van der Waals surface area contributed by atoms with Crippen molar-refractivity contribution < 1.29 is 4.92 Å². The molecule has 1 aromatic carbocycles. The molecular formula is C16H18N4O2. The molecule has 1 fully saturated rings. The van der Waals surface area contributed by atoms with Gasteiger partial charge in [-0.3, -0.25) is 10.1 Å². The summed E-state index contributed by atoms with van der Waals surface area (Å²) in [7, 11) is 0. The minimum Gasteiger partial charge on any atom is -0.356 e. The van der Waals surface area contributed by atoms with Crippen molar-refractivity contribution in [1.29, 1.82) is 0 Å². The van der Waals surface area contributed by atoms with Crippen LogP contribution in [0.3, 0.4) is 0 Å². The van der Waals surface area contributed by atoms with Gasteiger partial charge < -0.3 is 4.90 Å². The van der Waals surface area contributed by atoms with Crippen LogP contribution in [0.5, 0.6) is 0 Å². The lowest BCUT2D eigenvalue weighted by Crippen LogP contribution is -2.46. The van der Waals surface area contributed by atoms with Crippen molar-refractivity contribution in [3.63, 3.8) is 0 Å². The van der Waals surface area contributed by atoms with E-state index in [-0.39, 0.29) is 5.69 Å². The van der Waals surface area contributed by atoms with E-state index in [1.165, 1.54) is 18.6 Å². The summed E-state index contributed by atoms with van der Waals surface area (Å²) in [4.78, 5) is 21.7. The van der Waals surface area contributed by atoms with Gasteiger partial charge in [0.25, 0.3) is 5.69 Å². The average Bonchev–Trinajstić information content (AvgIpc) is 2.46. The molecule has 114 valence electrons. The summed E-state index contributed by atoms with van der Waals surface area (Å²) >= 11 is 0. The van der Waals surface area contributed by atoms with Crippen LogP contribution in [0, 0.1) is 23.0 Å². The summed E-state index contributed by atoms with van der Waals surface area (Å²) < 4.78 is 0. The molecule has 0 atom stereocenters. The predicted molar refractivity (Wildman–Crippen MR) is 84.9 cm³/mol. The Balaban J connectivity index is 1.93. The average molecular weight is 298 g/mol. The van der Waals surface area contributed by atoms with Gasteiger partial charge in [-0.1, -0.05) is 19.1 Å². The number of hydrogen-bond acceptors (Lipinski definition) is 5. The highest BCUT2D eigenvalue weighted by atomic mass is 16.6. The van der Waals surface area contributed by atoms with Crippen LogP contribution < -0.4 is 4.90 Å². The van der Waals surface area contributed by atoms with Gasteiger partial charge in [-0.05, 0) is 19.3 Å². The van der Waals surface area contributed by atoms with E-state index >= 15 is 0 Å². The van der Waals surface area contributed by atoms with Crippen LogP contribution >= 0.6 is 0 Å². The van der Waals surface area contributed by atoms with Gasteiger partial charge in [0.15, 0.2) is 5.82 Å². The molecule has 6 heteroatoms. The maximum atomic E-state index is 10.9. The maximum Gasteiger partial charge on any atom is 0.270 e. The SMILES string of the molecule is CCC1CN(c2cc(C)nc(-c3cccc([N+](=O)[O-])c3)n2)C1. The first-order valence-electron chi connectivity index (χ1n) is 7.42. The molecule has 0 bridgehead atoms. The van der Waals surface area contributed by atoms with Crippen LogP contribution in [-0.2, 0) is 0 Å². The Morgan fingerprint density at radius 3 is 2.77 bits per heavy atom. The summed E-state index contributed by atoms with van der Waals surface area (Å²) in [5, 5.41) is 10.9. The Kier molecular flexibility index (Phi) is 3.75. The summed E-state index contributed by atoms with van der Waals surface area (Å²) in [5.74, 6) is 2.17. The van der Waals surface area contributed by atoms with Gasteiger partial charge in [0.05, 0.1) is 4.92 Å². The van der Waals surface area contributed by atoms with Gasteiger partial charge in [0, 0.05) is 42.5 Å². The standard InChI is InChI=1S/C16H18N4O2/c1-3-12-9-19(10-12)15-7-11(2)17-16(18-15)13-5-4-6-14(8-13)20(21)22/h4-8,12H,3,9-10H2,1-2H3. The first-order chi connectivity index (χ1) is 10.6. The van der Waals surface area contributed by atoms with Gasteiger partial charge in [-0.15, -0.1) is 0 Å². The van der Waals surface area contributed by atoms with Crippen molar-refractivity contribution in [2.24, 2.45) is 5.92 Å². The fraction of sp³-hybridized carbons (Fsp3) is 0.375. The third-order valence-corrected chi connectivity index (χ3v) is 4.01. The zero-order chi connectivity index (χ0) is 15.7. The van der Waals surface area contributed by atoms with Crippen molar-refractivity contribution in [1.82, 2.24) is 9.97 Å². The fourth-order valence-electron chi connectivity index (χ4n) is 2.62. The van der Waals surface area contributed by atoms with E-state index in [0.29, 0.717) is 11.4 Å². The van der Waals surface area contributed by atoms with E-state index in [4.69, 9.17) is 0 Å². The topological polar surface area (TPSA) is 72.2 Å². The zero-order valence-corrected chi connectivity index (χ0v) is 12.7. The third-order valence-electron chi connectivity index (χ3n) is 4.01. The lowest BCUT2D eigenvalue weighted by Gasteiger charge is -2.39. The van der Waals surface area contributed by atoms with Crippen LogP contribution in [0.1, 0.15) is 19.0 Å². The Morgan fingerprint density at radius 1 is 1.32 bits per heavy atom. The molecule has 0 unspecified atom stereocenters. The van der Waals surface area contributed by atoms with Gasteiger partial charge in [-0.25, -0.2) is 9.97 Å². The minimum atomic E-state index is -0.401. The highest BCUT2D eigenvalue weighted by Crippen LogP contribution is 2.28. The molecule has 1 aromatic heterocycles. The lowest BCUT2D eigenvalue weighted by molar-refractivity contribution is -0.384. The van der Waals surface area contributed by atoms with Gasteiger partial charge in [-0.2, -0.15) is 0 Å². The minimum absolute atomic E-state index is 0.0548. The summed E-state index contributed by atoms with van der Waals surface area (Å²) in [6.07, 6.45) is 1.18. The number of rotatable bonds is 4. The fourth-order valence-corrected chi connectivity index (χ4v) is 2.62. The van der Waals surface area contributed by atoms with Gasteiger partial charge in [0.1, 0.15) is 5.82 Å². The maximum absolute atomic E-state index is 10.9. The Bertz CT molecular complexity index is 711. The van der Waals surface area contributed by atoms with Crippen LogP contribution in [0.15, 0.2) is 30.3 Å². The van der Waals surface area contributed by atoms with E-state index in [2.05, 4.69) is 21.8 Å². The second kappa shape index (κ2) is 5.71. The van der Waals surface area contributed by atoms with Crippen molar-refractivity contribution in [2.45, 2.75) is 20.3 Å². The Hall–Kier alpha value is -2.50. The Labute approximate surface area is 129 Å². The van der Waals surface area contributed by atoms with E-state index in [1.54, 1.807) is 12.1 Å². The highest BCUT2D eigenvalue weighted by molar-refractivity contribution is 5.61. The van der Waals surface area contributed by atoms with E-state index in [1.807, 2.05) is 13.0 Å². The molecule has 3 rings (SSSR count). The third kappa shape index (κ3) is 2.77. The molecule has 0 amide bonds. The molecule has 1 aliphatic heterocycles. The van der Waals surface area contributed by atoms with E-state index in [0.717, 1.165) is 30.5 Å². The van der Waals surface area contributed by atoms with Crippen molar-refractivity contribution in [2.75, 3.05) is 18.0 Å². The number of non-ortho nitro benzene ring substituents is 1. The van der Waals surface area contributed by atoms with Crippen LogP contribution in [0.4, 0.5) is 11.5 Å². The number of nitrogens with zero attached hydrogens (tertiary/aromatic N) is 4. The van der Waals surface area contributed by atoms with Crippen molar-refractivity contribution in [3.05, 3.63) is 46.1 Å².